The van der Waals surface area contributed by atoms with Gasteiger partial charge in [-0.15, -0.1) is 0 Å². The van der Waals surface area contributed by atoms with E-state index in [1.807, 2.05) is 0 Å². The van der Waals surface area contributed by atoms with Crippen LogP contribution in [-0.2, 0) is 0 Å². The Labute approximate surface area is 118 Å². The zero-order chi connectivity index (χ0) is 14.5. The number of nitro benzene ring substituents is 1. The van der Waals surface area contributed by atoms with Gasteiger partial charge >= 0.3 is 0 Å². The maximum absolute atomic E-state index is 12.2. The molecule has 5 heteroatoms. The van der Waals surface area contributed by atoms with Crippen LogP contribution in [0.25, 0.3) is 0 Å². The number of Topliss-reactive ketones (excluding diaryl/α,β-unsaturated/α-hetero) is 1. The minimum absolute atomic E-state index is 0.0182. The summed E-state index contributed by atoms with van der Waals surface area (Å²) in [6.45, 7) is 3.34. The summed E-state index contributed by atoms with van der Waals surface area (Å²) in [4.78, 5) is 24.6. The van der Waals surface area contributed by atoms with Crippen molar-refractivity contribution in [1.82, 2.24) is 4.90 Å². The largest absolute Gasteiger partial charge is 0.293 e. The number of hydrogen-bond acceptors (Lipinski definition) is 4. The van der Waals surface area contributed by atoms with E-state index in [0.29, 0.717) is 18.2 Å². The second kappa shape index (κ2) is 6.61. The van der Waals surface area contributed by atoms with Crippen LogP contribution in [0, 0.1) is 10.1 Å². The Bertz CT molecular complexity index is 478. The summed E-state index contributed by atoms with van der Waals surface area (Å²) in [5, 5.41) is 10.6. The highest BCUT2D eigenvalue weighted by atomic mass is 16.6. The van der Waals surface area contributed by atoms with Crippen molar-refractivity contribution in [2.75, 3.05) is 13.1 Å². The Morgan fingerprint density at radius 1 is 1.30 bits per heavy atom. The van der Waals surface area contributed by atoms with Gasteiger partial charge in [0.1, 0.15) is 0 Å². The molecule has 0 heterocycles. The molecule has 1 aromatic rings. The molecule has 0 radical (unpaired) electrons. The van der Waals surface area contributed by atoms with Crippen molar-refractivity contribution >= 4 is 11.5 Å². The van der Waals surface area contributed by atoms with Crippen LogP contribution in [0.15, 0.2) is 24.3 Å². The molecule has 0 bridgehead atoms. The van der Waals surface area contributed by atoms with Crippen LogP contribution in [0.5, 0.6) is 0 Å². The third-order valence-corrected chi connectivity index (χ3v) is 3.99. The molecule has 1 aromatic carbocycles. The highest BCUT2D eigenvalue weighted by Gasteiger charge is 2.23. The second-order valence-electron chi connectivity index (χ2n) is 5.23. The summed E-state index contributed by atoms with van der Waals surface area (Å²) >= 11 is 0. The van der Waals surface area contributed by atoms with Crippen LogP contribution in [0.4, 0.5) is 5.69 Å². The summed E-state index contributed by atoms with van der Waals surface area (Å²) in [7, 11) is 0. The maximum Gasteiger partial charge on any atom is 0.269 e. The first-order valence-corrected chi connectivity index (χ1v) is 7.13. The predicted molar refractivity (Wildman–Crippen MR) is 76.9 cm³/mol. The summed E-state index contributed by atoms with van der Waals surface area (Å²) < 4.78 is 0. The van der Waals surface area contributed by atoms with Crippen LogP contribution in [0.1, 0.15) is 43.0 Å². The molecular weight excluding hydrogens is 256 g/mol. The first kappa shape index (κ1) is 14.7. The average molecular weight is 276 g/mol. The highest BCUT2D eigenvalue weighted by molar-refractivity contribution is 5.97. The van der Waals surface area contributed by atoms with E-state index in [1.54, 1.807) is 12.1 Å². The molecule has 108 valence electrons. The Morgan fingerprint density at radius 2 is 1.90 bits per heavy atom. The van der Waals surface area contributed by atoms with Crippen LogP contribution < -0.4 is 0 Å². The average Bonchev–Trinajstić information content (AvgIpc) is 2.98. The number of likely N-dealkylation sites (N-methyl/N-ethyl adjacent to an activating group) is 1. The van der Waals surface area contributed by atoms with Crippen molar-refractivity contribution in [3.05, 3.63) is 39.9 Å². The highest BCUT2D eigenvalue weighted by Crippen LogP contribution is 2.23. The minimum atomic E-state index is -0.453. The van der Waals surface area contributed by atoms with Crippen molar-refractivity contribution in [3.63, 3.8) is 0 Å². The summed E-state index contributed by atoms with van der Waals surface area (Å²) in [5.41, 5.74) is 0.566. The first-order chi connectivity index (χ1) is 9.61. The number of non-ortho nitro benzene ring substituents is 1. The maximum atomic E-state index is 12.2. The lowest BCUT2D eigenvalue weighted by Crippen LogP contribution is -2.37. The number of carbonyl (C=O) groups excluding carboxylic acids is 1. The van der Waals surface area contributed by atoms with Crippen molar-refractivity contribution in [1.29, 1.82) is 0 Å². The molecule has 2 rings (SSSR count). The van der Waals surface area contributed by atoms with E-state index in [1.165, 1.54) is 37.8 Å². The Kier molecular flexibility index (Phi) is 4.84. The predicted octanol–water partition coefficient (Wildman–Crippen LogP) is 3.04. The third kappa shape index (κ3) is 3.42. The quantitative estimate of drug-likeness (QED) is 0.455. The fourth-order valence-electron chi connectivity index (χ4n) is 2.81. The van der Waals surface area contributed by atoms with Crippen molar-refractivity contribution in [2.45, 2.75) is 38.6 Å². The van der Waals surface area contributed by atoms with E-state index < -0.39 is 4.92 Å². The van der Waals surface area contributed by atoms with Gasteiger partial charge in [-0.05, 0) is 31.5 Å². The number of rotatable bonds is 6. The molecule has 1 aliphatic rings. The molecule has 0 amide bonds. The zero-order valence-corrected chi connectivity index (χ0v) is 11.7. The van der Waals surface area contributed by atoms with Gasteiger partial charge in [0, 0.05) is 23.7 Å². The molecule has 0 aliphatic heterocycles. The molecule has 1 aliphatic carbocycles. The van der Waals surface area contributed by atoms with Gasteiger partial charge < -0.3 is 0 Å². The van der Waals surface area contributed by atoms with Gasteiger partial charge in [-0.3, -0.25) is 19.8 Å². The molecular formula is C15H20N2O3. The molecule has 0 unspecified atom stereocenters. The van der Waals surface area contributed by atoms with Crippen molar-refractivity contribution < 1.29 is 9.72 Å². The van der Waals surface area contributed by atoms with E-state index in [9.17, 15) is 14.9 Å². The summed E-state index contributed by atoms with van der Waals surface area (Å²) in [5.74, 6) is 0.0358. The number of carbonyl (C=O) groups is 1. The van der Waals surface area contributed by atoms with Crippen LogP contribution in [-0.4, -0.2) is 34.7 Å². The molecule has 5 nitrogen and oxygen atoms in total. The van der Waals surface area contributed by atoms with Crippen LogP contribution >= 0.6 is 0 Å². The smallest absolute Gasteiger partial charge is 0.269 e. The minimum Gasteiger partial charge on any atom is -0.293 e. The number of ketones is 1. The lowest BCUT2D eigenvalue weighted by Gasteiger charge is -2.26. The number of hydrogen-bond donors (Lipinski definition) is 0. The third-order valence-electron chi connectivity index (χ3n) is 3.99. The zero-order valence-electron chi connectivity index (χ0n) is 11.7. The van der Waals surface area contributed by atoms with Gasteiger partial charge in [0.15, 0.2) is 5.78 Å². The topological polar surface area (TPSA) is 63.5 Å². The van der Waals surface area contributed by atoms with E-state index in [2.05, 4.69) is 11.8 Å². The van der Waals surface area contributed by atoms with Gasteiger partial charge in [-0.2, -0.15) is 0 Å². The monoisotopic (exact) mass is 276 g/mol. The first-order valence-electron chi connectivity index (χ1n) is 7.13. The van der Waals surface area contributed by atoms with Gasteiger partial charge in [0.25, 0.3) is 5.69 Å². The van der Waals surface area contributed by atoms with Crippen LogP contribution in [0.3, 0.4) is 0 Å². The lowest BCUT2D eigenvalue weighted by molar-refractivity contribution is -0.384. The summed E-state index contributed by atoms with van der Waals surface area (Å²) in [6, 6.07) is 6.38. The Morgan fingerprint density at radius 3 is 2.40 bits per heavy atom. The second-order valence-corrected chi connectivity index (χ2v) is 5.23. The van der Waals surface area contributed by atoms with Gasteiger partial charge in [-0.1, -0.05) is 19.8 Å². The lowest BCUT2D eigenvalue weighted by atomic mass is 10.1. The molecule has 1 fully saturated rings. The molecule has 20 heavy (non-hydrogen) atoms. The summed E-state index contributed by atoms with van der Waals surface area (Å²) in [6.07, 6.45) is 4.82. The van der Waals surface area contributed by atoms with Crippen molar-refractivity contribution in [2.24, 2.45) is 0 Å². The molecule has 0 aromatic heterocycles. The standard InChI is InChI=1S/C15H20N2O3/c1-2-16(13-5-3-4-6-13)11-15(18)12-7-9-14(10-8-12)17(19)20/h7-10,13H,2-6,11H2,1H3. The van der Waals surface area contributed by atoms with E-state index in [-0.39, 0.29) is 11.5 Å². The number of nitrogens with zero attached hydrogens (tertiary/aromatic N) is 2. The SMILES string of the molecule is CCN(CC(=O)c1ccc([N+](=O)[O-])cc1)C1CCCC1. The van der Waals surface area contributed by atoms with E-state index in [0.717, 1.165) is 6.54 Å². The fraction of sp³-hybridized carbons (Fsp3) is 0.533. The van der Waals surface area contributed by atoms with E-state index >= 15 is 0 Å². The van der Waals surface area contributed by atoms with Gasteiger partial charge in [-0.25, -0.2) is 0 Å². The Balaban J connectivity index is 2.00. The van der Waals surface area contributed by atoms with E-state index in [4.69, 9.17) is 0 Å². The van der Waals surface area contributed by atoms with Crippen LogP contribution in [0.2, 0.25) is 0 Å². The fourth-order valence-corrected chi connectivity index (χ4v) is 2.81. The molecule has 0 atom stereocenters. The Hall–Kier alpha value is -1.75. The van der Waals surface area contributed by atoms with Gasteiger partial charge in [0.05, 0.1) is 11.5 Å². The number of benzene rings is 1. The number of nitro groups is 1. The van der Waals surface area contributed by atoms with Gasteiger partial charge in [0.2, 0.25) is 0 Å². The molecule has 1 saturated carbocycles. The molecule has 0 saturated heterocycles. The normalized spacial score (nSPS) is 15.7. The molecule has 0 N–H and O–H groups in total. The van der Waals surface area contributed by atoms with Crippen molar-refractivity contribution in [3.8, 4) is 0 Å². The molecule has 0 spiro atoms.